The van der Waals surface area contributed by atoms with E-state index >= 15 is 0 Å². The van der Waals surface area contributed by atoms with Gasteiger partial charge in [-0.3, -0.25) is 4.99 Å². The predicted molar refractivity (Wildman–Crippen MR) is 74.6 cm³/mol. The van der Waals surface area contributed by atoms with Gasteiger partial charge in [0.25, 0.3) is 0 Å². The molecule has 3 nitrogen and oxygen atoms in total. The quantitative estimate of drug-likeness (QED) is 0.890. The fourth-order valence-electron chi connectivity index (χ4n) is 2.68. The van der Waals surface area contributed by atoms with Crippen LogP contribution in [0.25, 0.3) is 0 Å². The van der Waals surface area contributed by atoms with E-state index in [1.807, 2.05) is 22.7 Å². The predicted octanol–water partition coefficient (Wildman–Crippen LogP) is 2.08. The van der Waals surface area contributed by atoms with Crippen molar-refractivity contribution in [2.75, 3.05) is 23.0 Å². The average molecular weight is 265 g/mol. The molecule has 2 unspecified atom stereocenters. The fourth-order valence-corrected chi connectivity index (χ4v) is 4.01. The zero-order valence-electron chi connectivity index (χ0n) is 10.1. The number of anilines is 1. The van der Waals surface area contributed by atoms with Gasteiger partial charge in [-0.25, -0.2) is 4.39 Å². The van der Waals surface area contributed by atoms with Gasteiger partial charge in [0.2, 0.25) is 0 Å². The summed E-state index contributed by atoms with van der Waals surface area (Å²) in [5.41, 5.74) is 6.49. The molecule has 2 heterocycles. The zero-order chi connectivity index (χ0) is 12.5. The van der Waals surface area contributed by atoms with Gasteiger partial charge in [0.1, 0.15) is 5.82 Å². The minimum atomic E-state index is -0.229. The lowest BCUT2D eigenvalue weighted by Gasteiger charge is -2.30. The summed E-state index contributed by atoms with van der Waals surface area (Å²) < 4.78 is 13.9. The number of hydrogen-bond donors (Lipinski definition) is 1. The van der Waals surface area contributed by atoms with Gasteiger partial charge in [-0.2, -0.15) is 11.8 Å². The van der Waals surface area contributed by atoms with Crippen molar-refractivity contribution in [3.05, 3.63) is 30.1 Å². The van der Waals surface area contributed by atoms with Crippen molar-refractivity contribution in [1.82, 2.24) is 0 Å². The molecule has 2 N–H and O–H groups in total. The van der Waals surface area contributed by atoms with Crippen LogP contribution < -0.4 is 10.6 Å². The molecule has 3 rings (SSSR count). The summed E-state index contributed by atoms with van der Waals surface area (Å²) in [6.45, 7) is 0.686. The molecule has 5 heteroatoms. The molecule has 0 aliphatic carbocycles. The molecule has 0 spiro atoms. The van der Waals surface area contributed by atoms with Crippen molar-refractivity contribution in [3.8, 4) is 0 Å². The average Bonchev–Trinajstić information content (AvgIpc) is 2.99. The highest BCUT2D eigenvalue weighted by atomic mass is 32.2. The van der Waals surface area contributed by atoms with Crippen molar-refractivity contribution in [2.45, 2.75) is 12.5 Å². The van der Waals surface area contributed by atoms with Gasteiger partial charge in [-0.15, -0.1) is 0 Å². The molecule has 2 atom stereocenters. The molecule has 2 aliphatic heterocycles. The van der Waals surface area contributed by atoms with Crippen LogP contribution in [-0.2, 0) is 0 Å². The minimum Gasteiger partial charge on any atom is -0.370 e. The molecule has 18 heavy (non-hydrogen) atoms. The first-order valence-electron chi connectivity index (χ1n) is 6.19. The fraction of sp³-hybridized carbons (Fsp3) is 0.462. The van der Waals surface area contributed by atoms with Crippen molar-refractivity contribution in [3.63, 3.8) is 0 Å². The number of halogens is 1. The highest BCUT2D eigenvalue weighted by Gasteiger charge is 2.36. The number of thioether (sulfide) groups is 1. The maximum absolute atomic E-state index is 13.9. The maximum atomic E-state index is 13.9. The van der Waals surface area contributed by atoms with E-state index in [4.69, 9.17) is 5.73 Å². The van der Waals surface area contributed by atoms with Crippen LogP contribution >= 0.6 is 11.8 Å². The Morgan fingerprint density at radius 1 is 1.39 bits per heavy atom. The Balaban J connectivity index is 1.92. The molecule has 1 aromatic carbocycles. The van der Waals surface area contributed by atoms with Gasteiger partial charge in [-0.05, 0) is 36.0 Å². The van der Waals surface area contributed by atoms with Crippen molar-refractivity contribution >= 4 is 23.4 Å². The molecule has 96 valence electrons. The molecule has 0 aromatic heterocycles. The van der Waals surface area contributed by atoms with Gasteiger partial charge in [-0.1, -0.05) is 12.1 Å². The van der Waals surface area contributed by atoms with Gasteiger partial charge in [0.15, 0.2) is 5.96 Å². The second kappa shape index (κ2) is 4.80. The highest BCUT2D eigenvalue weighted by Crippen LogP contribution is 2.34. The first-order valence-corrected chi connectivity index (χ1v) is 7.34. The third kappa shape index (κ3) is 1.96. The maximum Gasteiger partial charge on any atom is 0.196 e. The molecule has 1 fully saturated rings. The van der Waals surface area contributed by atoms with E-state index in [0.717, 1.165) is 5.75 Å². The van der Waals surface area contributed by atoms with Gasteiger partial charge in [0, 0.05) is 0 Å². The third-order valence-corrected chi connectivity index (χ3v) is 4.83. The molecule has 0 bridgehead atoms. The normalized spacial score (nSPS) is 27.6. The topological polar surface area (TPSA) is 41.6 Å². The number of para-hydroxylation sites is 1. The molecule has 0 amide bonds. The van der Waals surface area contributed by atoms with Gasteiger partial charge < -0.3 is 10.6 Å². The van der Waals surface area contributed by atoms with E-state index in [-0.39, 0.29) is 11.9 Å². The summed E-state index contributed by atoms with van der Waals surface area (Å²) >= 11 is 1.96. The second-order valence-electron chi connectivity index (χ2n) is 4.71. The van der Waals surface area contributed by atoms with E-state index < -0.39 is 0 Å². The summed E-state index contributed by atoms with van der Waals surface area (Å²) in [6, 6.07) is 7.00. The van der Waals surface area contributed by atoms with Crippen LogP contribution in [0.4, 0.5) is 10.1 Å². The Morgan fingerprint density at radius 3 is 2.94 bits per heavy atom. The third-order valence-electron chi connectivity index (χ3n) is 3.64. The molecular formula is C13H16FN3S. The largest absolute Gasteiger partial charge is 0.370 e. The van der Waals surface area contributed by atoms with Crippen LogP contribution in [0.1, 0.15) is 6.42 Å². The Hall–Kier alpha value is -1.23. The van der Waals surface area contributed by atoms with Crippen molar-refractivity contribution in [1.29, 1.82) is 0 Å². The number of guanidine groups is 1. The Labute approximate surface area is 110 Å². The number of rotatable bonds is 2. The summed E-state index contributed by atoms with van der Waals surface area (Å²) in [5.74, 6) is 3.08. The van der Waals surface area contributed by atoms with E-state index in [2.05, 4.69) is 4.99 Å². The number of nitrogens with two attached hydrogens (primary N) is 1. The van der Waals surface area contributed by atoms with Crippen LogP contribution in [0.3, 0.4) is 0 Å². The van der Waals surface area contributed by atoms with Gasteiger partial charge in [0.05, 0.1) is 18.3 Å². The molecule has 0 saturated carbocycles. The first-order chi connectivity index (χ1) is 8.77. The molecule has 2 aliphatic rings. The van der Waals surface area contributed by atoms with Crippen LogP contribution in [0.2, 0.25) is 0 Å². The number of hydrogen-bond acceptors (Lipinski definition) is 4. The standard InChI is InChI=1S/C13H16FN3S/c14-10-3-1-2-4-11(10)17-12(7-16-13(17)15)9-5-6-18-8-9/h1-4,9,12H,5-8H2,(H2,15,16). The van der Waals surface area contributed by atoms with Crippen molar-refractivity contribution < 1.29 is 4.39 Å². The zero-order valence-corrected chi connectivity index (χ0v) is 10.9. The van der Waals surface area contributed by atoms with E-state index in [9.17, 15) is 4.39 Å². The van der Waals surface area contributed by atoms with Crippen molar-refractivity contribution in [2.24, 2.45) is 16.6 Å². The Morgan fingerprint density at radius 2 is 2.22 bits per heavy atom. The lowest BCUT2D eigenvalue weighted by Crippen LogP contribution is -2.45. The molecule has 1 saturated heterocycles. The monoisotopic (exact) mass is 265 g/mol. The van der Waals surface area contributed by atoms with E-state index in [1.54, 1.807) is 12.1 Å². The first kappa shape index (κ1) is 11.8. The van der Waals surface area contributed by atoms with Crippen LogP contribution in [0.5, 0.6) is 0 Å². The minimum absolute atomic E-state index is 0.219. The molecule has 0 radical (unpaired) electrons. The van der Waals surface area contributed by atoms with Crippen LogP contribution in [0.15, 0.2) is 29.3 Å². The van der Waals surface area contributed by atoms with Crippen LogP contribution in [0, 0.1) is 11.7 Å². The summed E-state index contributed by atoms with van der Waals surface area (Å²) in [5, 5.41) is 0. The second-order valence-corrected chi connectivity index (χ2v) is 5.86. The van der Waals surface area contributed by atoms with Gasteiger partial charge >= 0.3 is 0 Å². The molecule has 1 aromatic rings. The number of aliphatic imine (C=N–C) groups is 1. The van der Waals surface area contributed by atoms with E-state index in [0.29, 0.717) is 24.1 Å². The lowest BCUT2D eigenvalue weighted by atomic mass is 9.98. The van der Waals surface area contributed by atoms with Crippen LogP contribution in [-0.4, -0.2) is 30.1 Å². The summed E-state index contributed by atoms with van der Waals surface area (Å²) in [6.07, 6.45) is 1.17. The molecular weight excluding hydrogens is 249 g/mol. The lowest BCUT2D eigenvalue weighted by molar-refractivity contribution is 0.481. The SMILES string of the molecule is NC1=NCC(C2CCSC2)N1c1ccccc1F. The Bertz CT molecular complexity index is 471. The summed E-state index contributed by atoms with van der Waals surface area (Å²) in [4.78, 5) is 6.19. The number of nitrogens with zero attached hydrogens (tertiary/aromatic N) is 2. The highest BCUT2D eigenvalue weighted by molar-refractivity contribution is 7.99. The number of benzene rings is 1. The summed E-state index contributed by atoms with van der Waals surface area (Å²) in [7, 11) is 0. The van der Waals surface area contributed by atoms with E-state index in [1.165, 1.54) is 18.2 Å². The smallest absolute Gasteiger partial charge is 0.196 e. The Kier molecular flexibility index (Phi) is 3.16.